The van der Waals surface area contributed by atoms with Crippen LogP contribution >= 0.6 is 0 Å². The van der Waals surface area contributed by atoms with Gasteiger partial charge in [0.2, 0.25) is 0 Å². The first kappa shape index (κ1) is 22.7. The fourth-order valence-corrected chi connectivity index (χ4v) is 4.86. The van der Waals surface area contributed by atoms with Crippen LogP contribution in [0.2, 0.25) is 0 Å². The Morgan fingerprint density at radius 3 is 2.61 bits per heavy atom. The molecule has 172 valence electrons. The predicted molar refractivity (Wildman–Crippen MR) is 114 cm³/mol. The van der Waals surface area contributed by atoms with E-state index in [1.54, 1.807) is 0 Å². The number of likely N-dealkylation sites (tertiary alicyclic amines) is 1. The van der Waals surface area contributed by atoms with E-state index in [-0.39, 0.29) is 36.7 Å². The molecule has 0 aliphatic carbocycles. The third-order valence-corrected chi connectivity index (χ3v) is 6.23. The number of ether oxygens (including phenoxy) is 5. The molecule has 0 amide bonds. The molecule has 31 heavy (non-hydrogen) atoms. The zero-order chi connectivity index (χ0) is 21.8. The Bertz CT molecular complexity index is 720. The van der Waals surface area contributed by atoms with E-state index in [0.717, 1.165) is 31.5 Å². The molecule has 0 saturated carbocycles. The Kier molecular flexibility index (Phi) is 7.29. The lowest BCUT2D eigenvalue weighted by atomic mass is 9.96. The number of hydrogen-bond acceptors (Lipinski definition) is 7. The Labute approximate surface area is 184 Å². The molecule has 3 aliphatic heterocycles. The van der Waals surface area contributed by atoms with Gasteiger partial charge in [0, 0.05) is 6.04 Å². The topological polar surface area (TPSA) is 66.5 Å². The molecule has 0 spiro atoms. The number of carbonyl (C=O) groups excluding carboxylic acids is 1. The van der Waals surface area contributed by atoms with Gasteiger partial charge in [0.1, 0.15) is 18.3 Å². The van der Waals surface area contributed by atoms with Gasteiger partial charge in [0.05, 0.1) is 19.6 Å². The summed E-state index contributed by atoms with van der Waals surface area (Å²) in [5.74, 6) is -0.932. The van der Waals surface area contributed by atoms with Crippen molar-refractivity contribution in [1.29, 1.82) is 0 Å². The van der Waals surface area contributed by atoms with E-state index in [1.165, 1.54) is 6.42 Å². The summed E-state index contributed by atoms with van der Waals surface area (Å²) >= 11 is 0. The molecule has 3 fully saturated rings. The van der Waals surface area contributed by atoms with Crippen molar-refractivity contribution in [2.45, 2.75) is 89.5 Å². The normalized spacial score (nSPS) is 31.3. The van der Waals surface area contributed by atoms with E-state index in [0.29, 0.717) is 13.2 Å². The number of rotatable bonds is 8. The van der Waals surface area contributed by atoms with Crippen molar-refractivity contribution in [3.8, 4) is 0 Å². The number of esters is 1. The summed E-state index contributed by atoms with van der Waals surface area (Å²) < 4.78 is 30.3. The number of fused-ring (bicyclic) bond motifs is 1. The van der Waals surface area contributed by atoms with Gasteiger partial charge in [-0.2, -0.15) is 0 Å². The molecule has 3 saturated heterocycles. The molecule has 0 unspecified atom stereocenters. The maximum Gasteiger partial charge on any atom is 0.307 e. The monoisotopic (exact) mass is 433 g/mol. The molecule has 0 bridgehead atoms. The summed E-state index contributed by atoms with van der Waals surface area (Å²) in [7, 11) is 0. The molecule has 0 N–H and O–H groups in total. The van der Waals surface area contributed by atoms with Crippen LogP contribution < -0.4 is 0 Å². The van der Waals surface area contributed by atoms with Crippen molar-refractivity contribution in [3.63, 3.8) is 0 Å². The molecular weight excluding hydrogens is 398 g/mol. The summed E-state index contributed by atoms with van der Waals surface area (Å²) in [6.45, 7) is 8.31. The Morgan fingerprint density at radius 2 is 1.90 bits per heavy atom. The highest BCUT2D eigenvalue weighted by molar-refractivity contribution is 5.70. The van der Waals surface area contributed by atoms with Gasteiger partial charge in [-0.15, -0.1) is 0 Å². The number of piperidine rings is 1. The molecule has 5 atom stereocenters. The third kappa shape index (κ3) is 5.46. The maximum atomic E-state index is 12.5. The van der Waals surface area contributed by atoms with E-state index < -0.39 is 12.1 Å². The van der Waals surface area contributed by atoms with Crippen molar-refractivity contribution in [2.75, 3.05) is 19.7 Å². The van der Waals surface area contributed by atoms with Gasteiger partial charge >= 0.3 is 5.97 Å². The summed E-state index contributed by atoms with van der Waals surface area (Å²) in [5.41, 5.74) is 1.09. The van der Waals surface area contributed by atoms with E-state index in [2.05, 4.69) is 4.90 Å². The quantitative estimate of drug-likeness (QED) is 0.583. The SMILES string of the molecule is CCOC(=O)C[C@@H]([C@H]1O[C@@H]2OC(C)(C)O[C@@H]2[C@H]1OCc1ccccc1)N1CCCCC1. The molecule has 0 radical (unpaired) electrons. The van der Waals surface area contributed by atoms with Gasteiger partial charge in [-0.1, -0.05) is 36.8 Å². The Morgan fingerprint density at radius 1 is 1.16 bits per heavy atom. The predicted octanol–water partition coefficient (Wildman–Crippen LogP) is 3.26. The lowest BCUT2D eigenvalue weighted by Gasteiger charge is -2.39. The first-order valence-electron chi connectivity index (χ1n) is 11.5. The molecule has 3 aliphatic rings. The molecule has 0 aromatic heterocycles. The molecule has 4 rings (SSSR count). The van der Waals surface area contributed by atoms with Crippen molar-refractivity contribution in [1.82, 2.24) is 4.90 Å². The second-order valence-corrected chi connectivity index (χ2v) is 9.00. The van der Waals surface area contributed by atoms with Crippen LogP contribution in [0.25, 0.3) is 0 Å². The first-order valence-corrected chi connectivity index (χ1v) is 11.5. The highest BCUT2D eigenvalue weighted by Crippen LogP contribution is 2.41. The highest BCUT2D eigenvalue weighted by Gasteiger charge is 2.58. The minimum absolute atomic E-state index is 0.138. The van der Waals surface area contributed by atoms with Crippen LogP contribution in [-0.4, -0.2) is 67.0 Å². The van der Waals surface area contributed by atoms with E-state index in [1.807, 2.05) is 51.1 Å². The number of carbonyl (C=O) groups is 1. The number of nitrogens with zero attached hydrogens (tertiary/aromatic N) is 1. The fourth-order valence-electron chi connectivity index (χ4n) is 4.86. The van der Waals surface area contributed by atoms with E-state index in [4.69, 9.17) is 23.7 Å². The van der Waals surface area contributed by atoms with Crippen LogP contribution in [-0.2, 0) is 35.1 Å². The average molecular weight is 434 g/mol. The molecule has 1 aromatic rings. The van der Waals surface area contributed by atoms with Crippen LogP contribution in [0.4, 0.5) is 0 Å². The summed E-state index contributed by atoms with van der Waals surface area (Å²) in [5, 5.41) is 0. The van der Waals surface area contributed by atoms with E-state index in [9.17, 15) is 4.79 Å². The summed E-state index contributed by atoms with van der Waals surface area (Å²) in [4.78, 5) is 14.8. The Hall–Kier alpha value is -1.51. The average Bonchev–Trinajstić information content (AvgIpc) is 3.23. The van der Waals surface area contributed by atoms with Gasteiger partial charge in [-0.25, -0.2) is 0 Å². The van der Waals surface area contributed by atoms with Crippen LogP contribution in [0, 0.1) is 0 Å². The highest BCUT2D eigenvalue weighted by atomic mass is 16.8. The summed E-state index contributed by atoms with van der Waals surface area (Å²) in [6, 6.07) is 9.93. The van der Waals surface area contributed by atoms with Gasteiger partial charge in [0.15, 0.2) is 12.1 Å². The van der Waals surface area contributed by atoms with Crippen LogP contribution in [0.3, 0.4) is 0 Å². The van der Waals surface area contributed by atoms with Gasteiger partial charge in [0.25, 0.3) is 0 Å². The number of benzene rings is 1. The lowest BCUT2D eigenvalue weighted by Crippen LogP contribution is -2.52. The first-order chi connectivity index (χ1) is 15.0. The zero-order valence-corrected chi connectivity index (χ0v) is 18.8. The van der Waals surface area contributed by atoms with E-state index >= 15 is 0 Å². The van der Waals surface area contributed by atoms with Crippen LogP contribution in [0.1, 0.15) is 52.0 Å². The van der Waals surface area contributed by atoms with Crippen molar-refractivity contribution in [2.24, 2.45) is 0 Å². The van der Waals surface area contributed by atoms with Crippen LogP contribution in [0.5, 0.6) is 0 Å². The van der Waals surface area contributed by atoms with Crippen molar-refractivity contribution >= 4 is 5.97 Å². The molecule has 3 heterocycles. The third-order valence-electron chi connectivity index (χ3n) is 6.23. The van der Waals surface area contributed by atoms with Gasteiger partial charge < -0.3 is 23.7 Å². The second kappa shape index (κ2) is 9.96. The largest absolute Gasteiger partial charge is 0.466 e. The van der Waals surface area contributed by atoms with Gasteiger partial charge in [-0.05, 0) is 52.3 Å². The number of hydrogen-bond donors (Lipinski definition) is 0. The molecule has 1 aromatic carbocycles. The minimum atomic E-state index is -0.726. The van der Waals surface area contributed by atoms with Crippen LogP contribution in [0.15, 0.2) is 30.3 Å². The van der Waals surface area contributed by atoms with Crippen molar-refractivity contribution < 1.29 is 28.5 Å². The standard InChI is InChI=1S/C24H35NO6/c1-4-27-19(26)15-18(25-13-9-6-10-14-25)20-21(28-16-17-11-7-5-8-12-17)22-23(29-20)31-24(2,3)30-22/h5,7-8,11-12,18,20-23H,4,6,9-10,13-16H2,1-3H3/t18-,20+,21-,22+,23+/m0/s1. The van der Waals surface area contributed by atoms with Gasteiger partial charge in [-0.3, -0.25) is 9.69 Å². The smallest absolute Gasteiger partial charge is 0.307 e. The minimum Gasteiger partial charge on any atom is -0.466 e. The molecule has 7 heteroatoms. The zero-order valence-electron chi connectivity index (χ0n) is 18.8. The lowest BCUT2D eigenvalue weighted by molar-refractivity contribution is -0.227. The second-order valence-electron chi connectivity index (χ2n) is 9.00. The fraction of sp³-hybridized carbons (Fsp3) is 0.708. The van der Waals surface area contributed by atoms with Crippen molar-refractivity contribution in [3.05, 3.63) is 35.9 Å². The molecular formula is C24H35NO6. The maximum absolute atomic E-state index is 12.5. The Balaban J connectivity index is 1.55. The summed E-state index contributed by atoms with van der Waals surface area (Å²) in [6.07, 6.45) is 2.21. The molecule has 7 nitrogen and oxygen atoms in total.